The maximum atomic E-state index is 4.31. The van der Waals surface area contributed by atoms with Crippen molar-refractivity contribution in [1.82, 2.24) is 9.97 Å². The number of anilines is 1. The first-order chi connectivity index (χ1) is 7.84. The second kappa shape index (κ2) is 3.87. The lowest BCUT2D eigenvalue weighted by Gasteiger charge is -2.17. The smallest absolute Gasteiger partial charge is 0.146 e. The van der Waals surface area contributed by atoms with Gasteiger partial charge in [-0.3, -0.25) is 0 Å². The second-order valence-electron chi connectivity index (χ2n) is 3.82. The van der Waals surface area contributed by atoms with Crippen molar-refractivity contribution in [2.45, 2.75) is 13.1 Å². The van der Waals surface area contributed by atoms with Gasteiger partial charge in [-0.05, 0) is 27.1 Å². The van der Waals surface area contributed by atoms with Crippen molar-refractivity contribution < 1.29 is 0 Å². The number of fused-ring (bicyclic) bond motifs is 1. The van der Waals surface area contributed by atoms with Crippen LogP contribution in [0.25, 0.3) is 0 Å². The molecule has 1 aliphatic rings. The number of halogens is 1. The van der Waals surface area contributed by atoms with Crippen LogP contribution in [-0.4, -0.2) is 9.97 Å². The molecule has 2 aromatic rings. The van der Waals surface area contributed by atoms with Gasteiger partial charge in [0.15, 0.2) is 0 Å². The van der Waals surface area contributed by atoms with Gasteiger partial charge >= 0.3 is 0 Å². The third-order valence-electron chi connectivity index (χ3n) is 2.79. The molecule has 3 rings (SSSR count). The largest absolute Gasteiger partial charge is 0.347 e. The molecule has 0 spiro atoms. The predicted molar refractivity (Wildman–Crippen MR) is 66.1 cm³/mol. The zero-order valence-electron chi connectivity index (χ0n) is 8.60. The first kappa shape index (κ1) is 9.78. The van der Waals surface area contributed by atoms with E-state index in [4.69, 9.17) is 0 Å². The molecule has 80 valence electrons. The fourth-order valence-electron chi connectivity index (χ4n) is 2.02. The van der Waals surface area contributed by atoms with Crippen molar-refractivity contribution in [3.05, 3.63) is 52.4 Å². The van der Waals surface area contributed by atoms with Crippen LogP contribution in [0, 0.1) is 0 Å². The molecular weight excluding hydrogens is 266 g/mol. The van der Waals surface area contributed by atoms with Crippen molar-refractivity contribution in [2.75, 3.05) is 4.90 Å². The first-order valence-electron chi connectivity index (χ1n) is 5.12. The highest BCUT2D eigenvalue weighted by Crippen LogP contribution is 2.30. The third kappa shape index (κ3) is 1.59. The maximum Gasteiger partial charge on any atom is 0.146 e. The van der Waals surface area contributed by atoms with Gasteiger partial charge in [0.2, 0.25) is 0 Å². The molecule has 3 nitrogen and oxygen atoms in total. The minimum Gasteiger partial charge on any atom is -0.347 e. The van der Waals surface area contributed by atoms with Gasteiger partial charge in [0.25, 0.3) is 0 Å². The SMILES string of the molecule is Brc1cncnc1N1Cc2ccccc2C1. The van der Waals surface area contributed by atoms with Crippen LogP contribution in [0.4, 0.5) is 5.82 Å². The number of nitrogens with zero attached hydrogens (tertiary/aromatic N) is 3. The van der Waals surface area contributed by atoms with E-state index in [1.807, 2.05) is 0 Å². The Bertz CT molecular complexity index is 502. The van der Waals surface area contributed by atoms with Gasteiger partial charge in [-0.2, -0.15) is 0 Å². The maximum absolute atomic E-state index is 4.31. The number of hydrogen-bond donors (Lipinski definition) is 0. The van der Waals surface area contributed by atoms with Crippen LogP contribution in [-0.2, 0) is 13.1 Å². The van der Waals surface area contributed by atoms with E-state index in [2.05, 4.69) is 55.1 Å². The van der Waals surface area contributed by atoms with Crippen molar-refractivity contribution in [3.8, 4) is 0 Å². The minimum atomic E-state index is 0.922. The molecule has 0 saturated heterocycles. The molecule has 1 aromatic carbocycles. The van der Waals surface area contributed by atoms with Crippen LogP contribution in [0.15, 0.2) is 41.3 Å². The second-order valence-corrected chi connectivity index (χ2v) is 4.67. The Morgan fingerprint density at radius 1 is 1.12 bits per heavy atom. The van der Waals surface area contributed by atoms with Gasteiger partial charge < -0.3 is 4.90 Å². The molecule has 2 heterocycles. The van der Waals surface area contributed by atoms with Crippen LogP contribution in [0.5, 0.6) is 0 Å². The quantitative estimate of drug-likeness (QED) is 0.802. The Balaban J connectivity index is 1.95. The predicted octanol–water partition coefficient (Wildman–Crippen LogP) is 2.76. The average molecular weight is 276 g/mol. The molecule has 1 aliphatic heterocycles. The molecule has 0 amide bonds. The summed E-state index contributed by atoms with van der Waals surface area (Å²) in [5, 5.41) is 0. The summed E-state index contributed by atoms with van der Waals surface area (Å²) < 4.78 is 0.947. The topological polar surface area (TPSA) is 29.0 Å². The summed E-state index contributed by atoms with van der Waals surface area (Å²) in [4.78, 5) is 10.5. The standard InChI is InChI=1S/C12H10BrN3/c13-11-5-14-8-15-12(11)16-6-9-3-1-2-4-10(9)7-16/h1-5,8H,6-7H2. The molecule has 0 unspecified atom stereocenters. The summed E-state index contributed by atoms with van der Waals surface area (Å²) in [5.74, 6) is 0.964. The van der Waals surface area contributed by atoms with E-state index in [9.17, 15) is 0 Å². The first-order valence-corrected chi connectivity index (χ1v) is 5.91. The summed E-state index contributed by atoms with van der Waals surface area (Å²) in [6.07, 6.45) is 3.37. The van der Waals surface area contributed by atoms with Gasteiger partial charge in [0.05, 0.1) is 4.47 Å². The zero-order valence-corrected chi connectivity index (χ0v) is 10.2. The van der Waals surface area contributed by atoms with Crippen LogP contribution < -0.4 is 4.90 Å². The van der Waals surface area contributed by atoms with E-state index in [1.165, 1.54) is 11.1 Å². The number of rotatable bonds is 1. The average Bonchev–Trinajstić information content (AvgIpc) is 2.73. The highest BCUT2D eigenvalue weighted by molar-refractivity contribution is 9.10. The van der Waals surface area contributed by atoms with Gasteiger partial charge in [-0.25, -0.2) is 9.97 Å². The number of benzene rings is 1. The van der Waals surface area contributed by atoms with Crippen LogP contribution in [0.3, 0.4) is 0 Å². The lowest BCUT2D eigenvalue weighted by Crippen LogP contribution is -2.16. The van der Waals surface area contributed by atoms with E-state index in [-0.39, 0.29) is 0 Å². The van der Waals surface area contributed by atoms with Crippen LogP contribution >= 0.6 is 15.9 Å². The minimum absolute atomic E-state index is 0.922. The van der Waals surface area contributed by atoms with E-state index in [0.717, 1.165) is 23.4 Å². The molecule has 0 atom stereocenters. The molecule has 0 aliphatic carbocycles. The van der Waals surface area contributed by atoms with Gasteiger partial charge in [0.1, 0.15) is 12.1 Å². The fourth-order valence-corrected chi connectivity index (χ4v) is 2.49. The molecule has 4 heteroatoms. The Kier molecular flexibility index (Phi) is 2.36. The fraction of sp³-hybridized carbons (Fsp3) is 0.167. The van der Waals surface area contributed by atoms with Crippen molar-refractivity contribution in [1.29, 1.82) is 0 Å². The Labute approximate surface area is 102 Å². The monoisotopic (exact) mass is 275 g/mol. The summed E-state index contributed by atoms with van der Waals surface area (Å²) >= 11 is 3.48. The highest BCUT2D eigenvalue weighted by Gasteiger charge is 2.20. The molecule has 16 heavy (non-hydrogen) atoms. The highest BCUT2D eigenvalue weighted by atomic mass is 79.9. The lowest BCUT2D eigenvalue weighted by atomic mass is 10.1. The van der Waals surface area contributed by atoms with Crippen molar-refractivity contribution >= 4 is 21.7 Å². The van der Waals surface area contributed by atoms with E-state index in [1.54, 1.807) is 12.5 Å². The van der Waals surface area contributed by atoms with E-state index >= 15 is 0 Å². The third-order valence-corrected chi connectivity index (χ3v) is 3.35. The van der Waals surface area contributed by atoms with Crippen molar-refractivity contribution in [3.63, 3.8) is 0 Å². The molecule has 0 bridgehead atoms. The van der Waals surface area contributed by atoms with Gasteiger partial charge in [0, 0.05) is 19.3 Å². The molecular formula is C12H10BrN3. The van der Waals surface area contributed by atoms with Crippen LogP contribution in [0.2, 0.25) is 0 Å². The molecule has 0 N–H and O–H groups in total. The Hall–Kier alpha value is -1.42. The Morgan fingerprint density at radius 3 is 2.44 bits per heavy atom. The summed E-state index contributed by atoms with van der Waals surface area (Å²) in [7, 11) is 0. The lowest BCUT2D eigenvalue weighted by molar-refractivity contribution is 0.846. The number of aromatic nitrogens is 2. The van der Waals surface area contributed by atoms with Gasteiger partial charge in [-0.15, -0.1) is 0 Å². The van der Waals surface area contributed by atoms with E-state index in [0.29, 0.717) is 0 Å². The molecule has 1 aromatic heterocycles. The van der Waals surface area contributed by atoms with Crippen molar-refractivity contribution in [2.24, 2.45) is 0 Å². The molecule has 0 radical (unpaired) electrons. The Morgan fingerprint density at radius 2 is 1.81 bits per heavy atom. The molecule has 0 fully saturated rings. The van der Waals surface area contributed by atoms with Crippen LogP contribution in [0.1, 0.15) is 11.1 Å². The summed E-state index contributed by atoms with van der Waals surface area (Å²) in [6.45, 7) is 1.84. The summed E-state index contributed by atoms with van der Waals surface area (Å²) in [5.41, 5.74) is 2.76. The zero-order chi connectivity index (χ0) is 11.0. The normalized spacial score (nSPS) is 13.9. The van der Waals surface area contributed by atoms with Gasteiger partial charge in [-0.1, -0.05) is 24.3 Å². The molecule has 0 saturated carbocycles. The number of hydrogen-bond acceptors (Lipinski definition) is 3. The summed E-state index contributed by atoms with van der Waals surface area (Å²) in [6, 6.07) is 8.50. The van der Waals surface area contributed by atoms with E-state index < -0.39 is 0 Å².